The van der Waals surface area contributed by atoms with Crippen LogP contribution in [0.2, 0.25) is 0 Å². The van der Waals surface area contributed by atoms with Gasteiger partial charge < -0.3 is 15.3 Å². The Labute approximate surface area is 124 Å². The summed E-state index contributed by atoms with van der Waals surface area (Å²) in [5.41, 5.74) is -0.535. The third-order valence-corrected chi connectivity index (χ3v) is 3.98. The average Bonchev–Trinajstić information content (AvgIpc) is 2.46. The molecule has 0 amide bonds. The number of benzene rings is 1. The number of rotatable bonds is 8. The number of Topliss-reactive ketones (excluding diaryl/α,β-unsaturated/α-hetero) is 2. The quantitative estimate of drug-likeness (QED) is 0.614. The van der Waals surface area contributed by atoms with E-state index in [1.165, 1.54) is 13.8 Å². The number of hydrogen-bond acceptors (Lipinski definition) is 5. The first-order chi connectivity index (χ1) is 9.81. The van der Waals surface area contributed by atoms with Gasteiger partial charge in [-0.05, 0) is 32.3 Å². The highest BCUT2D eigenvalue weighted by molar-refractivity contribution is 5.86. The summed E-state index contributed by atoms with van der Waals surface area (Å²) in [6.45, 7) is 2.05. The van der Waals surface area contributed by atoms with E-state index >= 15 is 0 Å². The third kappa shape index (κ3) is 4.46. The molecule has 5 nitrogen and oxygen atoms in total. The van der Waals surface area contributed by atoms with Crippen molar-refractivity contribution in [1.82, 2.24) is 0 Å². The van der Waals surface area contributed by atoms with E-state index in [9.17, 15) is 19.8 Å². The van der Waals surface area contributed by atoms with Crippen LogP contribution in [0.5, 0.6) is 0 Å². The zero-order valence-corrected chi connectivity index (χ0v) is 12.3. The molecule has 0 fully saturated rings. The summed E-state index contributed by atoms with van der Waals surface area (Å²) < 4.78 is 0. The van der Waals surface area contributed by atoms with Gasteiger partial charge in [-0.2, -0.15) is 0 Å². The van der Waals surface area contributed by atoms with E-state index in [1.54, 1.807) is 0 Å². The molecule has 0 spiro atoms. The summed E-state index contributed by atoms with van der Waals surface area (Å²) >= 11 is 0. The second-order valence-corrected chi connectivity index (χ2v) is 5.56. The van der Waals surface area contributed by atoms with Crippen LogP contribution in [0.15, 0.2) is 30.3 Å². The highest BCUT2D eigenvalue weighted by Crippen LogP contribution is 2.32. The molecule has 0 aliphatic carbocycles. The molecule has 0 saturated heterocycles. The molecular formula is C16H22O5. The van der Waals surface area contributed by atoms with Crippen molar-refractivity contribution >= 4 is 11.6 Å². The highest BCUT2D eigenvalue weighted by atomic mass is 16.5. The summed E-state index contributed by atoms with van der Waals surface area (Å²) in [4.78, 5) is 23.6. The lowest BCUT2D eigenvalue weighted by Gasteiger charge is -2.32. The van der Waals surface area contributed by atoms with Crippen molar-refractivity contribution < 1.29 is 24.9 Å². The number of carbonyl (C=O) groups excluding carboxylic acids is 2. The van der Waals surface area contributed by atoms with Gasteiger partial charge in [0.2, 0.25) is 0 Å². The van der Waals surface area contributed by atoms with E-state index in [1.807, 2.05) is 30.3 Å². The van der Waals surface area contributed by atoms with Crippen LogP contribution >= 0.6 is 0 Å². The zero-order chi connectivity index (χ0) is 16.0. The van der Waals surface area contributed by atoms with Gasteiger partial charge in [-0.3, -0.25) is 9.59 Å². The van der Waals surface area contributed by atoms with Gasteiger partial charge in [0, 0.05) is 5.92 Å². The molecule has 0 heterocycles. The van der Waals surface area contributed by atoms with Crippen molar-refractivity contribution in [1.29, 1.82) is 0 Å². The summed E-state index contributed by atoms with van der Waals surface area (Å²) in [7, 11) is 0. The molecule has 1 rings (SSSR count). The number of carbonyl (C=O) groups is 2. The van der Waals surface area contributed by atoms with Gasteiger partial charge in [0.05, 0.1) is 5.41 Å². The molecule has 0 radical (unpaired) electrons. The largest absolute Gasteiger partial charge is 0.389 e. The second kappa shape index (κ2) is 7.45. The Balaban J connectivity index is 2.98. The standard InChI is InChI=1S/C16H22O5/c1-11(18)16(2,15(20)21)9-13(14(19)10-17)8-12-6-4-3-5-7-12/h3-7,13,15,17,20-21H,8-10H2,1-2H3. The van der Waals surface area contributed by atoms with Crippen molar-refractivity contribution in [2.45, 2.75) is 33.0 Å². The van der Waals surface area contributed by atoms with Crippen molar-refractivity contribution in [2.75, 3.05) is 6.61 Å². The van der Waals surface area contributed by atoms with Gasteiger partial charge in [0.25, 0.3) is 0 Å². The first kappa shape index (κ1) is 17.5. The summed E-state index contributed by atoms with van der Waals surface area (Å²) in [6.07, 6.45) is -1.52. The number of hydrogen-bond donors (Lipinski definition) is 3. The predicted octanol–water partition coefficient (Wildman–Crippen LogP) is 0.703. The van der Waals surface area contributed by atoms with Gasteiger partial charge in [-0.15, -0.1) is 0 Å². The number of ketones is 2. The predicted molar refractivity (Wildman–Crippen MR) is 77.4 cm³/mol. The second-order valence-electron chi connectivity index (χ2n) is 5.56. The first-order valence-electron chi connectivity index (χ1n) is 6.86. The smallest absolute Gasteiger partial charge is 0.163 e. The molecule has 116 valence electrons. The molecule has 2 atom stereocenters. The lowest BCUT2D eigenvalue weighted by molar-refractivity contribution is -0.162. The lowest BCUT2D eigenvalue weighted by atomic mass is 9.74. The van der Waals surface area contributed by atoms with Crippen LogP contribution in [0.25, 0.3) is 0 Å². The first-order valence-corrected chi connectivity index (χ1v) is 6.86. The Kier molecular flexibility index (Phi) is 6.20. The van der Waals surface area contributed by atoms with Crippen LogP contribution in [0.3, 0.4) is 0 Å². The molecule has 0 aliphatic heterocycles. The lowest BCUT2D eigenvalue weighted by Crippen LogP contribution is -2.42. The Morgan fingerprint density at radius 2 is 1.76 bits per heavy atom. The van der Waals surface area contributed by atoms with Gasteiger partial charge in [-0.1, -0.05) is 30.3 Å². The molecule has 21 heavy (non-hydrogen) atoms. The minimum absolute atomic E-state index is 0.0196. The molecule has 0 bridgehead atoms. The van der Waals surface area contributed by atoms with Crippen LogP contribution in [-0.4, -0.2) is 39.8 Å². The zero-order valence-electron chi connectivity index (χ0n) is 12.3. The minimum Gasteiger partial charge on any atom is -0.389 e. The maximum atomic E-state index is 11.9. The fourth-order valence-corrected chi connectivity index (χ4v) is 2.27. The topological polar surface area (TPSA) is 94.8 Å². The maximum Gasteiger partial charge on any atom is 0.163 e. The maximum absolute atomic E-state index is 11.9. The summed E-state index contributed by atoms with van der Waals surface area (Å²) in [6, 6.07) is 9.21. The Morgan fingerprint density at radius 1 is 1.19 bits per heavy atom. The molecular weight excluding hydrogens is 272 g/mol. The third-order valence-electron chi connectivity index (χ3n) is 3.98. The Bertz CT molecular complexity index is 483. The van der Waals surface area contributed by atoms with Crippen LogP contribution in [0.4, 0.5) is 0 Å². The van der Waals surface area contributed by atoms with E-state index in [0.717, 1.165) is 5.56 Å². The summed E-state index contributed by atoms with van der Waals surface area (Å²) in [5, 5.41) is 28.0. The molecule has 0 saturated carbocycles. The van der Waals surface area contributed by atoms with Gasteiger partial charge in [-0.25, -0.2) is 0 Å². The van der Waals surface area contributed by atoms with Crippen molar-refractivity contribution in [3.63, 3.8) is 0 Å². The molecule has 2 unspecified atom stereocenters. The minimum atomic E-state index is -1.85. The Morgan fingerprint density at radius 3 is 2.19 bits per heavy atom. The van der Waals surface area contributed by atoms with E-state index in [2.05, 4.69) is 0 Å². The van der Waals surface area contributed by atoms with E-state index < -0.39 is 35.8 Å². The van der Waals surface area contributed by atoms with Gasteiger partial charge in [0.15, 0.2) is 12.1 Å². The molecule has 1 aromatic rings. The molecule has 5 heteroatoms. The van der Waals surface area contributed by atoms with Crippen molar-refractivity contribution in [2.24, 2.45) is 11.3 Å². The molecule has 0 aromatic heterocycles. The SMILES string of the molecule is CC(=O)C(C)(CC(Cc1ccccc1)C(=O)CO)C(O)O. The van der Waals surface area contributed by atoms with Crippen LogP contribution in [0, 0.1) is 11.3 Å². The van der Waals surface area contributed by atoms with Crippen molar-refractivity contribution in [3.05, 3.63) is 35.9 Å². The Hall–Kier alpha value is -1.56. The average molecular weight is 294 g/mol. The van der Waals surface area contributed by atoms with Crippen LogP contribution in [-0.2, 0) is 16.0 Å². The van der Waals surface area contributed by atoms with Crippen LogP contribution < -0.4 is 0 Å². The van der Waals surface area contributed by atoms with E-state index in [0.29, 0.717) is 6.42 Å². The van der Waals surface area contributed by atoms with Crippen molar-refractivity contribution in [3.8, 4) is 0 Å². The molecule has 3 N–H and O–H groups in total. The normalized spacial score (nSPS) is 15.5. The van der Waals surface area contributed by atoms with Gasteiger partial charge in [0.1, 0.15) is 12.4 Å². The fraction of sp³-hybridized carbons (Fsp3) is 0.500. The number of aliphatic hydroxyl groups is 3. The monoisotopic (exact) mass is 294 g/mol. The highest BCUT2D eigenvalue weighted by Gasteiger charge is 2.40. The van der Waals surface area contributed by atoms with Gasteiger partial charge >= 0.3 is 0 Å². The fourth-order valence-electron chi connectivity index (χ4n) is 2.27. The summed E-state index contributed by atoms with van der Waals surface area (Å²) in [5.74, 6) is -1.46. The van der Waals surface area contributed by atoms with E-state index in [-0.39, 0.29) is 6.42 Å². The van der Waals surface area contributed by atoms with Crippen LogP contribution in [0.1, 0.15) is 25.8 Å². The number of aliphatic hydroxyl groups excluding tert-OH is 2. The molecule has 0 aliphatic rings. The van der Waals surface area contributed by atoms with E-state index in [4.69, 9.17) is 5.11 Å². The molecule has 1 aromatic carbocycles.